The van der Waals surface area contributed by atoms with E-state index in [1.54, 1.807) is 13.1 Å². The van der Waals surface area contributed by atoms with Crippen LogP contribution in [0, 0.1) is 0 Å². The average molecular weight is 385 g/mol. The van der Waals surface area contributed by atoms with Crippen LogP contribution in [0.15, 0.2) is 77.6 Å². The minimum absolute atomic E-state index is 0.188. The van der Waals surface area contributed by atoms with E-state index in [-0.39, 0.29) is 17.3 Å². The van der Waals surface area contributed by atoms with Gasteiger partial charge in [0.1, 0.15) is 23.7 Å². The maximum atomic E-state index is 11.8. The van der Waals surface area contributed by atoms with Gasteiger partial charge in [0.05, 0.1) is 0 Å². The number of hydrogen-bond donors (Lipinski definition) is 1. The van der Waals surface area contributed by atoms with Crippen LogP contribution < -0.4 is 16.0 Å². The van der Waals surface area contributed by atoms with Crippen molar-refractivity contribution in [2.75, 3.05) is 5.73 Å². The van der Waals surface area contributed by atoms with Gasteiger partial charge in [-0.05, 0) is 11.6 Å². The van der Waals surface area contributed by atoms with Crippen LogP contribution in [0.4, 0.5) is 5.82 Å². The largest absolute Gasteiger partial charge is 0.470 e. The molecule has 7 nitrogen and oxygen atoms in total. The molecule has 0 bridgehead atoms. The number of anilines is 1. The van der Waals surface area contributed by atoms with Crippen molar-refractivity contribution in [3.8, 4) is 28.5 Å². The van der Waals surface area contributed by atoms with Crippen molar-refractivity contribution in [2.24, 2.45) is 7.05 Å². The Balaban J connectivity index is 1.80. The highest BCUT2D eigenvalue weighted by Crippen LogP contribution is 2.32. The summed E-state index contributed by atoms with van der Waals surface area (Å²) in [6.45, 7) is 0.310. The SMILES string of the molecule is Cn1nc(-c2nc(OCc3ccccc3)c(N)nc2-c2ccccc2)ccc1=O. The molecular weight excluding hydrogens is 366 g/mol. The van der Waals surface area contributed by atoms with Crippen molar-refractivity contribution in [1.82, 2.24) is 19.7 Å². The third-order valence-corrected chi connectivity index (χ3v) is 4.36. The van der Waals surface area contributed by atoms with Crippen LogP contribution in [0.1, 0.15) is 5.56 Å². The summed E-state index contributed by atoms with van der Waals surface area (Å²) in [4.78, 5) is 20.9. The van der Waals surface area contributed by atoms with E-state index in [2.05, 4.69) is 15.1 Å². The van der Waals surface area contributed by atoms with Gasteiger partial charge in [-0.25, -0.2) is 14.6 Å². The quantitative estimate of drug-likeness (QED) is 0.567. The van der Waals surface area contributed by atoms with Crippen molar-refractivity contribution in [1.29, 1.82) is 0 Å². The number of ether oxygens (including phenoxy) is 1. The molecule has 0 saturated carbocycles. The van der Waals surface area contributed by atoms with Crippen molar-refractivity contribution in [3.05, 3.63) is 88.7 Å². The molecular formula is C22H19N5O2. The van der Waals surface area contributed by atoms with Crippen LogP contribution in [0.3, 0.4) is 0 Å². The zero-order valence-electron chi connectivity index (χ0n) is 15.8. The summed E-state index contributed by atoms with van der Waals surface area (Å²) >= 11 is 0. The van der Waals surface area contributed by atoms with Gasteiger partial charge in [-0.3, -0.25) is 4.79 Å². The molecule has 2 aromatic heterocycles. The molecule has 0 aliphatic heterocycles. The fourth-order valence-corrected chi connectivity index (χ4v) is 2.87. The normalized spacial score (nSPS) is 10.7. The van der Waals surface area contributed by atoms with Crippen LogP contribution >= 0.6 is 0 Å². The average Bonchev–Trinajstić information content (AvgIpc) is 2.76. The van der Waals surface area contributed by atoms with E-state index in [1.165, 1.54) is 10.7 Å². The smallest absolute Gasteiger partial charge is 0.266 e. The van der Waals surface area contributed by atoms with Gasteiger partial charge in [0.15, 0.2) is 5.82 Å². The van der Waals surface area contributed by atoms with Crippen molar-refractivity contribution in [2.45, 2.75) is 6.61 Å². The van der Waals surface area contributed by atoms with E-state index in [0.29, 0.717) is 23.7 Å². The number of benzene rings is 2. The van der Waals surface area contributed by atoms with E-state index in [1.807, 2.05) is 60.7 Å². The summed E-state index contributed by atoms with van der Waals surface area (Å²) in [5.74, 6) is 0.410. The molecule has 144 valence electrons. The molecule has 7 heteroatoms. The number of hydrogen-bond acceptors (Lipinski definition) is 6. The number of rotatable bonds is 5. The highest BCUT2D eigenvalue weighted by molar-refractivity contribution is 5.77. The monoisotopic (exact) mass is 385 g/mol. The highest BCUT2D eigenvalue weighted by Gasteiger charge is 2.18. The van der Waals surface area contributed by atoms with Gasteiger partial charge in [-0.1, -0.05) is 60.7 Å². The van der Waals surface area contributed by atoms with Crippen LogP contribution in [-0.4, -0.2) is 19.7 Å². The van der Waals surface area contributed by atoms with E-state index in [0.717, 1.165) is 11.1 Å². The van der Waals surface area contributed by atoms with Gasteiger partial charge in [0.25, 0.3) is 11.4 Å². The van der Waals surface area contributed by atoms with Gasteiger partial charge in [0, 0.05) is 18.7 Å². The number of nitrogens with zero attached hydrogens (tertiary/aromatic N) is 4. The lowest BCUT2D eigenvalue weighted by molar-refractivity contribution is 0.295. The lowest BCUT2D eigenvalue weighted by Crippen LogP contribution is -2.18. The summed E-state index contributed by atoms with van der Waals surface area (Å²) in [6, 6.07) is 22.4. The number of aromatic nitrogens is 4. The molecule has 4 aromatic rings. The summed E-state index contributed by atoms with van der Waals surface area (Å²) < 4.78 is 7.09. The van der Waals surface area contributed by atoms with Crippen LogP contribution in [0.2, 0.25) is 0 Å². The van der Waals surface area contributed by atoms with Gasteiger partial charge in [-0.2, -0.15) is 5.10 Å². The predicted molar refractivity (Wildman–Crippen MR) is 111 cm³/mol. The van der Waals surface area contributed by atoms with Crippen molar-refractivity contribution in [3.63, 3.8) is 0 Å². The van der Waals surface area contributed by atoms with E-state index in [4.69, 9.17) is 10.5 Å². The predicted octanol–water partition coefficient (Wildman–Crippen LogP) is 3.07. The molecule has 2 aromatic carbocycles. The Hall–Kier alpha value is -4.00. The van der Waals surface area contributed by atoms with Gasteiger partial charge < -0.3 is 10.5 Å². The molecule has 0 atom stereocenters. The summed E-state index contributed by atoms with van der Waals surface area (Å²) in [5.41, 5.74) is 9.33. The Morgan fingerprint density at radius 2 is 1.59 bits per heavy atom. The highest BCUT2D eigenvalue weighted by atomic mass is 16.5. The zero-order valence-corrected chi connectivity index (χ0v) is 15.8. The Morgan fingerprint density at radius 3 is 2.28 bits per heavy atom. The van der Waals surface area contributed by atoms with Gasteiger partial charge in [-0.15, -0.1) is 0 Å². The van der Waals surface area contributed by atoms with Crippen molar-refractivity contribution < 1.29 is 4.74 Å². The molecule has 0 amide bonds. The number of nitrogens with two attached hydrogens (primary N) is 1. The lowest BCUT2D eigenvalue weighted by atomic mass is 10.1. The van der Waals surface area contributed by atoms with E-state index < -0.39 is 0 Å². The summed E-state index contributed by atoms with van der Waals surface area (Å²) in [6.07, 6.45) is 0. The number of nitrogen functional groups attached to an aromatic ring is 1. The molecule has 29 heavy (non-hydrogen) atoms. The number of aryl methyl sites for hydroxylation is 1. The Morgan fingerprint density at radius 1 is 0.897 bits per heavy atom. The molecule has 4 rings (SSSR count). The second kappa shape index (κ2) is 7.93. The topological polar surface area (TPSA) is 95.9 Å². The lowest BCUT2D eigenvalue weighted by Gasteiger charge is -2.13. The molecule has 0 radical (unpaired) electrons. The van der Waals surface area contributed by atoms with Gasteiger partial charge in [0.2, 0.25) is 0 Å². The fourth-order valence-electron chi connectivity index (χ4n) is 2.87. The first kappa shape index (κ1) is 18.4. The molecule has 0 fully saturated rings. The first-order valence-corrected chi connectivity index (χ1v) is 9.06. The van der Waals surface area contributed by atoms with Gasteiger partial charge >= 0.3 is 0 Å². The zero-order chi connectivity index (χ0) is 20.2. The summed E-state index contributed by atoms with van der Waals surface area (Å²) in [5, 5.41) is 4.32. The first-order valence-electron chi connectivity index (χ1n) is 9.06. The fraction of sp³-hybridized carbons (Fsp3) is 0.0909. The maximum Gasteiger partial charge on any atom is 0.266 e. The van der Waals surface area contributed by atoms with Crippen LogP contribution in [0.5, 0.6) is 5.88 Å². The van der Waals surface area contributed by atoms with E-state index in [9.17, 15) is 4.79 Å². The maximum absolute atomic E-state index is 11.8. The first-order chi connectivity index (χ1) is 14.1. The second-order valence-corrected chi connectivity index (χ2v) is 6.43. The molecule has 0 unspecified atom stereocenters. The minimum Gasteiger partial charge on any atom is -0.470 e. The molecule has 2 heterocycles. The second-order valence-electron chi connectivity index (χ2n) is 6.43. The Labute approximate surface area is 167 Å². The molecule has 0 aliphatic rings. The molecule has 2 N–H and O–H groups in total. The Bertz CT molecular complexity index is 1190. The molecule has 0 saturated heterocycles. The third-order valence-electron chi connectivity index (χ3n) is 4.36. The van der Waals surface area contributed by atoms with Crippen LogP contribution in [-0.2, 0) is 13.7 Å². The van der Waals surface area contributed by atoms with Crippen molar-refractivity contribution >= 4 is 5.82 Å². The molecule has 0 spiro atoms. The standard InChI is InChI=1S/C22H19N5O2/c1-27-18(28)13-12-17(26-27)20-19(16-10-6-3-7-11-16)24-21(23)22(25-20)29-14-15-8-4-2-5-9-15/h2-13H,14H2,1H3,(H2,23,24). The third kappa shape index (κ3) is 3.98. The molecule has 0 aliphatic carbocycles. The summed E-state index contributed by atoms with van der Waals surface area (Å²) in [7, 11) is 1.59. The minimum atomic E-state index is -0.209. The Kier molecular flexibility index (Phi) is 5.03. The van der Waals surface area contributed by atoms with E-state index >= 15 is 0 Å². The van der Waals surface area contributed by atoms with Crippen LogP contribution in [0.25, 0.3) is 22.6 Å².